The molecule has 1 aliphatic carbocycles. The van der Waals surface area contributed by atoms with Crippen LogP contribution in [0.3, 0.4) is 0 Å². The average molecular weight is 277 g/mol. The van der Waals surface area contributed by atoms with E-state index in [0.717, 1.165) is 32.2 Å². The summed E-state index contributed by atoms with van der Waals surface area (Å²) in [7, 11) is 0. The summed E-state index contributed by atoms with van der Waals surface area (Å²) in [5, 5.41) is 8.89. The Bertz CT molecular complexity index is 435. The molecule has 0 N–H and O–H groups in total. The molecule has 20 heavy (non-hydrogen) atoms. The van der Waals surface area contributed by atoms with Gasteiger partial charge in [0.1, 0.15) is 0 Å². The van der Waals surface area contributed by atoms with E-state index in [1.807, 2.05) is 18.7 Å². The van der Waals surface area contributed by atoms with Crippen molar-refractivity contribution in [3.05, 3.63) is 0 Å². The highest BCUT2D eigenvalue weighted by Gasteiger charge is 2.52. The summed E-state index contributed by atoms with van der Waals surface area (Å²) < 4.78 is 0. The van der Waals surface area contributed by atoms with E-state index in [1.165, 1.54) is 4.90 Å². The van der Waals surface area contributed by atoms with Gasteiger partial charge in [0.15, 0.2) is 0 Å². The minimum atomic E-state index is -0.392. The molecule has 0 aromatic carbocycles. The Morgan fingerprint density at radius 1 is 1.40 bits per heavy atom. The van der Waals surface area contributed by atoms with Crippen LogP contribution in [-0.2, 0) is 9.59 Å². The largest absolute Gasteiger partial charge is 0.285 e. The lowest BCUT2D eigenvalue weighted by Crippen LogP contribution is -2.44. The van der Waals surface area contributed by atoms with E-state index in [4.69, 9.17) is 5.26 Å². The third-order valence-corrected chi connectivity index (χ3v) is 4.59. The first-order valence-corrected chi connectivity index (χ1v) is 7.49. The fraction of sp³-hybridized carbons (Fsp3) is 0.800. The molecule has 1 heterocycles. The molecule has 2 aliphatic rings. The Hall–Kier alpha value is -1.41. The zero-order valence-electron chi connectivity index (χ0n) is 12.4. The van der Waals surface area contributed by atoms with Crippen LogP contribution in [0.4, 0.5) is 0 Å². The van der Waals surface area contributed by atoms with Gasteiger partial charge in [0, 0.05) is 13.0 Å². The van der Waals surface area contributed by atoms with Crippen LogP contribution < -0.4 is 0 Å². The number of likely N-dealkylation sites (tertiary alicyclic amines) is 1. The van der Waals surface area contributed by atoms with Crippen LogP contribution in [-0.4, -0.2) is 41.4 Å². The molecule has 1 saturated heterocycles. The number of nitriles is 1. The Balaban J connectivity index is 2.03. The number of imide groups is 1. The molecular formula is C15H23N3O2. The van der Waals surface area contributed by atoms with Crippen LogP contribution in [0.25, 0.3) is 0 Å². The highest BCUT2D eigenvalue weighted by Crippen LogP contribution is 2.46. The second kappa shape index (κ2) is 5.92. The van der Waals surface area contributed by atoms with E-state index in [-0.39, 0.29) is 17.7 Å². The third-order valence-electron chi connectivity index (χ3n) is 4.59. The van der Waals surface area contributed by atoms with E-state index in [2.05, 4.69) is 6.07 Å². The van der Waals surface area contributed by atoms with E-state index < -0.39 is 5.41 Å². The summed E-state index contributed by atoms with van der Waals surface area (Å²) in [6, 6.07) is 2.20. The van der Waals surface area contributed by atoms with E-state index in [1.54, 1.807) is 0 Å². The summed E-state index contributed by atoms with van der Waals surface area (Å²) in [6.07, 6.45) is 4.20. The van der Waals surface area contributed by atoms with Gasteiger partial charge in [-0.05, 0) is 26.3 Å². The van der Waals surface area contributed by atoms with Crippen molar-refractivity contribution in [3.63, 3.8) is 0 Å². The molecule has 1 unspecified atom stereocenters. The molecule has 110 valence electrons. The molecule has 1 saturated carbocycles. The Morgan fingerprint density at radius 2 is 2.05 bits per heavy atom. The number of carbonyl (C=O) groups excluding carboxylic acids is 2. The molecule has 0 aromatic heterocycles. The number of nitrogens with zero attached hydrogens (tertiary/aromatic N) is 3. The first-order chi connectivity index (χ1) is 9.52. The maximum absolute atomic E-state index is 12.6. The van der Waals surface area contributed by atoms with Crippen molar-refractivity contribution in [1.29, 1.82) is 5.26 Å². The van der Waals surface area contributed by atoms with E-state index in [0.29, 0.717) is 19.6 Å². The summed E-state index contributed by atoms with van der Waals surface area (Å²) in [6.45, 7) is 5.50. The Labute approximate surface area is 120 Å². The number of hydrogen-bond donors (Lipinski definition) is 0. The van der Waals surface area contributed by atoms with Crippen molar-refractivity contribution in [2.24, 2.45) is 11.3 Å². The van der Waals surface area contributed by atoms with Gasteiger partial charge in [-0.15, -0.1) is 0 Å². The van der Waals surface area contributed by atoms with Gasteiger partial charge in [0.05, 0.1) is 24.1 Å². The first-order valence-electron chi connectivity index (χ1n) is 7.49. The van der Waals surface area contributed by atoms with Crippen LogP contribution in [0, 0.1) is 22.7 Å². The third kappa shape index (κ3) is 2.71. The van der Waals surface area contributed by atoms with Crippen molar-refractivity contribution in [1.82, 2.24) is 9.80 Å². The van der Waals surface area contributed by atoms with Crippen molar-refractivity contribution in [3.8, 4) is 6.07 Å². The second-order valence-electron chi connectivity index (χ2n) is 6.13. The minimum Gasteiger partial charge on any atom is -0.285 e. The number of hydrogen-bond acceptors (Lipinski definition) is 4. The molecule has 1 aliphatic heterocycles. The lowest BCUT2D eigenvalue weighted by Gasteiger charge is -2.27. The Morgan fingerprint density at radius 3 is 2.60 bits per heavy atom. The lowest BCUT2D eigenvalue weighted by atomic mass is 9.85. The number of carbonyl (C=O) groups is 2. The number of amides is 2. The normalized spacial score (nSPS) is 22.8. The van der Waals surface area contributed by atoms with Gasteiger partial charge in [-0.2, -0.15) is 5.26 Å². The molecule has 2 rings (SSSR count). The topological polar surface area (TPSA) is 64.4 Å². The zero-order valence-corrected chi connectivity index (χ0v) is 12.4. The number of rotatable bonds is 5. The predicted octanol–water partition coefficient (Wildman–Crippen LogP) is 1.74. The van der Waals surface area contributed by atoms with Crippen LogP contribution in [0.15, 0.2) is 0 Å². The summed E-state index contributed by atoms with van der Waals surface area (Å²) in [4.78, 5) is 28.1. The standard InChI is InChI=1S/C15H23N3O2/c1-3-17(10-12(2)9-16)11-18-13(19)8-15(14(18)20)6-4-5-7-15/h12H,3-8,10-11H2,1-2H3. The molecular weight excluding hydrogens is 254 g/mol. The fourth-order valence-corrected chi connectivity index (χ4v) is 3.36. The van der Waals surface area contributed by atoms with Gasteiger partial charge in [-0.1, -0.05) is 19.8 Å². The molecule has 1 spiro atoms. The van der Waals surface area contributed by atoms with Crippen molar-refractivity contribution >= 4 is 11.8 Å². The van der Waals surface area contributed by atoms with Gasteiger partial charge in [-0.25, -0.2) is 0 Å². The van der Waals surface area contributed by atoms with Crippen LogP contribution in [0.2, 0.25) is 0 Å². The van der Waals surface area contributed by atoms with Crippen molar-refractivity contribution in [2.45, 2.75) is 46.0 Å². The van der Waals surface area contributed by atoms with E-state index in [9.17, 15) is 9.59 Å². The monoisotopic (exact) mass is 277 g/mol. The molecule has 2 fully saturated rings. The molecule has 1 atom stereocenters. The van der Waals surface area contributed by atoms with E-state index >= 15 is 0 Å². The molecule has 5 nitrogen and oxygen atoms in total. The highest BCUT2D eigenvalue weighted by molar-refractivity contribution is 6.06. The first kappa shape index (κ1) is 15.0. The minimum absolute atomic E-state index is 0.0167. The molecule has 5 heteroatoms. The second-order valence-corrected chi connectivity index (χ2v) is 6.13. The van der Waals surface area contributed by atoms with Crippen LogP contribution >= 0.6 is 0 Å². The van der Waals surface area contributed by atoms with Gasteiger partial charge < -0.3 is 0 Å². The summed E-state index contributed by atoms with van der Waals surface area (Å²) in [5.41, 5.74) is -0.392. The summed E-state index contributed by atoms with van der Waals surface area (Å²) >= 11 is 0. The Kier molecular flexibility index (Phi) is 4.44. The molecule has 2 amide bonds. The average Bonchev–Trinajstić information content (AvgIpc) is 2.99. The van der Waals surface area contributed by atoms with Gasteiger partial charge >= 0.3 is 0 Å². The van der Waals surface area contributed by atoms with Crippen molar-refractivity contribution in [2.75, 3.05) is 19.8 Å². The lowest BCUT2D eigenvalue weighted by molar-refractivity contribution is -0.143. The van der Waals surface area contributed by atoms with Crippen molar-refractivity contribution < 1.29 is 9.59 Å². The fourth-order valence-electron chi connectivity index (χ4n) is 3.36. The highest BCUT2D eigenvalue weighted by atomic mass is 16.2. The zero-order chi connectivity index (χ0) is 14.8. The molecule has 0 aromatic rings. The predicted molar refractivity (Wildman–Crippen MR) is 74.3 cm³/mol. The molecule has 0 radical (unpaired) electrons. The summed E-state index contributed by atoms with van der Waals surface area (Å²) in [5.74, 6) is -0.119. The van der Waals surface area contributed by atoms with Crippen LogP contribution in [0.1, 0.15) is 46.0 Å². The van der Waals surface area contributed by atoms with Gasteiger partial charge in [0.2, 0.25) is 11.8 Å². The maximum atomic E-state index is 12.6. The maximum Gasteiger partial charge on any atom is 0.237 e. The van der Waals surface area contributed by atoms with Gasteiger partial charge in [0.25, 0.3) is 0 Å². The SMILES string of the molecule is CCN(CC(C)C#N)CN1C(=O)CC2(CCCC2)C1=O. The smallest absolute Gasteiger partial charge is 0.237 e. The molecule has 0 bridgehead atoms. The van der Waals surface area contributed by atoms with Crippen LogP contribution in [0.5, 0.6) is 0 Å². The van der Waals surface area contributed by atoms with Gasteiger partial charge in [-0.3, -0.25) is 19.4 Å². The quantitative estimate of drug-likeness (QED) is 0.718.